The van der Waals surface area contributed by atoms with E-state index in [1.54, 1.807) is 0 Å². The molecule has 3 rings (SSSR count). The molecule has 2 aromatic carbocycles. The Morgan fingerprint density at radius 3 is 2.21 bits per heavy atom. The number of nitrogens with one attached hydrogen (secondary N) is 1. The molecule has 0 aromatic heterocycles. The normalized spacial score (nSPS) is 14.7. The number of hydrogen-bond donors (Lipinski definition) is 1. The van der Waals surface area contributed by atoms with Gasteiger partial charge in [0.25, 0.3) is 5.91 Å². The number of carbonyl (C=O) groups is 2. The van der Waals surface area contributed by atoms with E-state index in [1.807, 2.05) is 43.0 Å². The Balaban J connectivity index is 1.55. The van der Waals surface area contributed by atoms with Crippen LogP contribution in [0.3, 0.4) is 0 Å². The van der Waals surface area contributed by atoms with E-state index in [2.05, 4.69) is 36.2 Å². The van der Waals surface area contributed by atoms with Crippen LogP contribution in [0.15, 0.2) is 36.4 Å². The molecule has 1 saturated heterocycles. The van der Waals surface area contributed by atoms with Crippen molar-refractivity contribution in [2.75, 3.05) is 38.0 Å². The van der Waals surface area contributed by atoms with Crippen molar-refractivity contribution in [3.05, 3.63) is 64.2 Å². The molecule has 5 nitrogen and oxygen atoms in total. The predicted octanol–water partition coefficient (Wildman–Crippen LogP) is 3.57. The highest BCUT2D eigenvalue weighted by Crippen LogP contribution is 2.20. The molecule has 29 heavy (non-hydrogen) atoms. The maximum absolute atomic E-state index is 13.0. The summed E-state index contributed by atoms with van der Waals surface area (Å²) in [5.41, 5.74) is 6.09. The average Bonchev–Trinajstić information content (AvgIpc) is 2.68. The molecule has 0 atom stereocenters. The highest BCUT2D eigenvalue weighted by Gasteiger charge is 2.25. The van der Waals surface area contributed by atoms with Gasteiger partial charge in [0.2, 0.25) is 5.91 Å². The molecule has 0 unspecified atom stereocenters. The molecule has 0 radical (unpaired) electrons. The third-order valence-electron chi connectivity index (χ3n) is 5.59. The number of anilines is 1. The zero-order chi connectivity index (χ0) is 21.0. The van der Waals surface area contributed by atoms with E-state index in [4.69, 9.17) is 0 Å². The minimum atomic E-state index is -0.00380. The lowest BCUT2D eigenvalue weighted by molar-refractivity contribution is -0.117. The van der Waals surface area contributed by atoms with Crippen molar-refractivity contribution in [2.45, 2.75) is 34.1 Å². The summed E-state index contributed by atoms with van der Waals surface area (Å²) in [6.07, 6.45) is 0.884. The molecule has 5 heteroatoms. The lowest BCUT2D eigenvalue weighted by Crippen LogP contribution is -2.50. The van der Waals surface area contributed by atoms with E-state index in [0.29, 0.717) is 32.7 Å². The minimum Gasteiger partial charge on any atom is -0.336 e. The van der Waals surface area contributed by atoms with Gasteiger partial charge in [0, 0.05) is 37.4 Å². The second-order valence-corrected chi connectivity index (χ2v) is 7.90. The zero-order valence-electron chi connectivity index (χ0n) is 17.9. The van der Waals surface area contributed by atoms with Crippen LogP contribution in [0.1, 0.15) is 39.5 Å². The Hall–Kier alpha value is -2.66. The minimum absolute atomic E-state index is 0.00380. The van der Waals surface area contributed by atoms with Gasteiger partial charge in [0.15, 0.2) is 0 Å². The van der Waals surface area contributed by atoms with Crippen molar-refractivity contribution >= 4 is 17.5 Å². The molecule has 2 amide bonds. The van der Waals surface area contributed by atoms with Gasteiger partial charge >= 0.3 is 0 Å². The lowest BCUT2D eigenvalue weighted by atomic mass is 9.98. The summed E-state index contributed by atoms with van der Waals surface area (Å²) in [5.74, 6) is 0.0943. The second-order valence-electron chi connectivity index (χ2n) is 7.90. The topological polar surface area (TPSA) is 52.7 Å². The average molecular weight is 394 g/mol. The summed E-state index contributed by atoms with van der Waals surface area (Å²) in [5, 5.41) is 3.03. The first kappa shape index (κ1) is 21.1. The second kappa shape index (κ2) is 9.23. The quantitative estimate of drug-likeness (QED) is 0.845. The molecule has 154 valence electrons. The summed E-state index contributed by atoms with van der Waals surface area (Å²) in [4.78, 5) is 29.5. The fraction of sp³-hybridized carbons (Fsp3) is 0.417. The van der Waals surface area contributed by atoms with Crippen LogP contribution >= 0.6 is 0 Å². The maximum atomic E-state index is 13.0. The monoisotopic (exact) mass is 393 g/mol. The van der Waals surface area contributed by atoms with Crippen LogP contribution in [0, 0.1) is 20.8 Å². The highest BCUT2D eigenvalue weighted by atomic mass is 16.2. The number of hydrogen-bond acceptors (Lipinski definition) is 3. The smallest absolute Gasteiger partial charge is 0.254 e. The van der Waals surface area contributed by atoms with Crippen molar-refractivity contribution < 1.29 is 9.59 Å². The van der Waals surface area contributed by atoms with Gasteiger partial charge in [0.05, 0.1) is 6.54 Å². The molecule has 1 aliphatic heterocycles. The Bertz CT molecular complexity index is 876. The fourth-order valence-corrected chi connectivity index (χ4v) is 4.13. The molecular weight excluding hydrogens is 362 g/mol. The molecule has 0 aliphatic carbocycles. The van der Waals surface area contributed by atoms with Crippen molar-refractivity contribution in [3.63, 3.8) is 0 Å². The molecule has 1 aliphatic rings. The maximum Gasteiger partial charge on any atom is 0.254 e. The van der Waals surface area contributed by atoms with Crippen LogP contribution in [-0.4, -0.2) is 54.3 Å². The van der Waals surface area contributed by atoms with Gasteiger partial charge < -0.3 is 10.2 Å². The SMILES string of the molecule is CCc1ccccc1NC(=O)CN1CCN(C(=O)c2c(C)cc(C)cc2C)CC1. The standard InChI is InChI=1S/C24H31N3O2/c1-5-20-8-6-7-9-21(20)25-22(28)16-26-10-12-27(13-11-26)24(29)23-18(3)14-17(2)15-19(23)4/h6-9,14-15H,5,10-13,16H2,1-4H3,(H,25,28). The number of para-hydroxylation sites is 1. The van der Waals surface area contributed by atoms with Gasteiger partial charge in [0.1, 0.15) is 0 Å². The predicted molar refractivity (Wildman–Crippen MR) is 117 cm³/mol. The van der Waals surface area contributed by atoms with Crippen molar-refractivity contribution in [3.8, 4) is 0 Å². The first-order chi connectivity index (χ1) is 13.9. The summed E-state index contributed by atoms with van der Waals surface area (Å²) >= 11 is 0. The number of piperazine rings is 1. The summed E-state index contributed by atoms with van der Waals surface area (Å²) < 4.78 is 0. The van der Waals surface area contributed by atoms with E-state index in [0.717, 1.165) is 34.4 Å². The van der Waals surface area contributed by atoms with E-state index in [-0.39, 0.29) is 11.8 Å². The molecule has 1 N–H and O–H groups in total. The van der Waals surface area contributed by atoms with Crippen LogP contribution in [0.4, 0.5) is 5.69 Å². The van der Waals surface area contributed by atoms with Crippen LogP contribution in [0.2, 0.25) is 0 Å². The fourth-order valence-electron chi connectivity index (χ4n) is 4.13. The number of amides is 2. The van der Waals surface area contributed by atoms with Crippen molar-refractivity contribution in [2.24, 2.45) is 0 Å². The number of benzene rings is 2. The van der Waals surface area contributed by atoms with Gasteiger partial charge in [-0.3, -0.25) is 14.5 Å². The first-order valence-electron chi connectivity index (χ1n) is 10.4. The first-order valence-corrected chi connectivity index (χ1v) is 10.4. The Morgan fingerprint density at radius 2 is 1.59 bits per heavy atom. The molecular formula is C24H31N3O2. The number of rotatable bonds is 5. The van der Waals surface area contributed by atoms with Crippen LogP contribution in [0.5, 0.6) is 0 Å². The van der Waals surface area contributed by atoms with Gasteiger partial charge in [-0.2, -0.15) is 0 Å². The highest BCUT2D eigenvalue weighted by molar-refractivity contribution is 5.97. The van der Waals surface area contributed by atoms with Gasteiger partial charge in [-0.25, -0.2) is 0 Å². The zero-order valence-corrected chi connectivity index (χ0v) is 17.9. The largest absolute Gasteiger partial charge is 0.336 e. The Morgan fingerprint density at radius 1 is 0.966 bits per heavy atom. The molecule has 0 spiro atoms. The summed E-state index contributed by atoms with van der Waals surface area (Å²) in [6.45, 7) is 11.2. The summed E-state index contributed by atoms with van der Waals surface area (Å²) in [7, 11) is 0. The van der Waals surface area contributed by atoms with Crippen LogP contribution in [-0.2, 0) is 11.2 Å². The molecule has 2 aromatic rings. The number of nitrogens with zero attached hydrogens (tertiary/aromatic N) is 2. The number of carbonyl (C=O) groups excluding carboxylic acids is 2. The van der Waals surface area contributed by atoms with Crippen molar-refractivity contribution in [1.82, 2.24) is 9.80 Å². The molecule has 1 fully saturated rings. The Kier molecular flexibility index (Phi) is 6.70. The molecule has 0 bridgehead atoms. The van der Waals surface area contributed by atoms with Gasteiger partial charge in [-0.15, -0.1) is 0 Å². The van der Waals surface area contributed by atoms with Gasteiger partial charge in [-0.1, -0.05) is 42.8 Å². The van der Waals surface area contributed by atoms with Crippen molar-refractivity contribution in [1.29, 1.82) is 0 Å². The third-order valence-corrected chi connectivity index (χ3v) is 5.59. The van der Waals surface area contributed by atoms with E-state index < -0.39 is 0 Å². The van der Waals surface area contributed by atoms with E-state index >= 15 is 0 Å². The lowest BCUT2D eigenvalue weighted by Gasteiger charge is -2.35. The van der Waals surface area contributed by atoms with Gasteiger partial charge in [-0.05, 0) is 49.9 Å². The number of aryl methyl sites for hydroxylation is 4. The Labute approximate surface area is 173 Å². The van der Waals surface area contributed by atoms with Crippen LogP contribution < -0.4 is 5.32 Å². The molecule has 1 heterocycles. The van der Waals surface area contributed by atoms with E-state index in [1.165, 1.54) is 5.56 Å². The third kappa shape index (κ3) is 5.04. The molecule has 0 saturated carbocycles. The van der Waals surface area contributed by atoms with E-state index in [9.17, 15) is 9.59 Å². The van der Waals surface area contributed by atoms with Crippen LogP contribution in [0.25, 0.3) is 0 Å². The summed E-state index contributed by atoms with van der Waals surface area (Å²) in [6, 6.07) is 12.0.